The largest absolute Gasteiger partial charge is 0.364 e. The fourth-order valence-corrected chi connectivity index (χ4v) is 2.79. The summed E-state index contributed by atoms with van der Waals surface area (Å²) in [5, 5.41) is 0. The lowest BCUT2D eigenvalue weighted by molar-refractivity contribution is -0.127. The van der Waals surface area contributed by atoms with Gasteiger partial charge in [0.2, 0.25) is 0 Å². The van der Waals surface area contributed by atoms with Gasteiger partial charge in [-0.3, -0.25) is 4.79 Å². The minimum Gasteiger partial charge on any atom is -0.364 e. The molecule has 19 heavy (non-hydrogen) atoms. The molecule has 2 rings (SSSR count). The molecule has 0 unspecified atom stereocenters. The minimum absolute atomic E-state index is 0.156. The molecule has 0 amide bonds. The fourth-order valence-electron chi connectivity index (χ4n) is 2.79. The molecule has 0 atom stereocenters. The molecule has 1 aromatic rings. The lowest BCUT2D eigenvalue weighted by atomic mass is 9.81. The molecule has 1 aliphatic heterocycles. The van der Waals surface area contributed by atoms with E-state index in [4.69, 9.17) is 0 Å². The molecule has 2 nitrogen and oxygen atoms in total. The van der Waals surface area contributed by atoms with Crippen LogP contribution < -0.4 is 4.90 Å². The van der Waals surface area contributed by atoms with Crippen molar-refractivity contribution in [2.24, 2.45) is 5.41 Å². The molecule has 0 N–H and O–H groups in total. The molecule has 0 bridgehead atoms. The average Bonchev–Trinajstić information content (AvgIpc) is 2.32. The molecule has 1 fully saturated rings. The van der Waals surface area contributed by atoms with Crippen molar-refractivity contribution in [1.82, 2.24) is 0 Å². The molecular formula is C17H25NO. The maximum Gasteiger partial charge on any atom is 0.157 e. The van der Waals surface area contributed by atoms with E-state index in [1.165, 1.54) is 16.8 Å². The molecule has 1 aliphatic rings. The number of anilines is 1. The zero-order chi connectivity index (χ0) is 14.2. The van der Waals surface area contributed by atoms with Gasteiger partial charge in [0.05, 0.1) is 6.54 Å². The second-order valence-electron chi connectivity index (χ2n) is 6.65. The zero-order valence-corrected chi connectivity index (χ0v) is 12.8. The number of Topliss-reactive ketones (excluding diaryl/α,β-unsaturated/α-hetero) is 1. The van der Waals surface area contributed by atoms with Crippen LogP contribution in [0.2, 0.25) is 0 Å². The molecule has 0 aromatic heterocycles. The molecule has 0 spiro atoms. The standard InChI is InChI=1S/C17H25NO/c1-12(2)14-8-6-7-13(3)16(14)18-10-9-17(4,5)15(19)11-18/h6-8,12H,9-11H2,1-5H3. The Morgan fingerprint density at radius 1 is 1.26 bits per heavy atom. The Morgan fingerprint density at radius 3 is 2.53 bits per heavy atom. The normalized spacial score (nSPS) is 19.1. The first-order chi connectivity index (χ1) is 8.83. The molecule has 1 aromatic carbocycles. The summed E-state index contributed by atoms with van der Waals surface area (Å²) in [5.74, 6) is 0.844. The van der Waals surface area contributed by atoms with Crippen LogP contribution in [0.5, 0.6) is 0 Å². The first kappa shape index (κ1) is 14.1. The van der Waals surface area contributed by atoms with Gasteiger partial charge in [-0.2, -0.15) is 0 Å². The number of piperidine rings is 1. The first-order valence-electron chi connectivity index (χ1n) is 7.20. The average molecular weight is 259 g/mol. The van der Waals surface area contributed by atoms with Gasteiger partial charge in [-0.25, -0.2) is 0 Å². The number of aryl methyl sites for hydroxylation is 1. The van der Waals surface area contributed by atoms with E-state index in [2.05, 4.69) is 57.7 Å². The van der Waals surface area contributed by atoms with E-state index in [0.717, 1.165) is 13.0 Å². The third-order valence-corrected chi connectivity index (χ3v) is 4.30. The van der Waals surface area contributed by atoms with E-state index in [-0.39, 0.29) is 5.41 Å². The lowest BCUT2D eigenvalue weighted by Gasteiger charge is -2.38. The van der Waals surface area contributed by atoms with Gasteiger partial charge < -0.3 is 4.90 Å². The molecule has 1 saturated heterocycles. The number of para-hydroxylation sites is 1. The molecule has 0 aliphatic carbocycles. The van der Waals surface area contributed by atoms with E-state index in [9.17, 15) is 4.79 Å². The predicted molar refractivity (Wildman–Crippen MR) is 80.9 cm³/mol. The summed E-state index contributed by atoms with van der Waals surface area (Å²) in [6.45, 7) is 12.2. The highest BCUT2D eigenvalue weighted by Crippen LogP contribution is 2.35. The number of carbonyl (C=O) groups is 1. The van der Waals surface area contributed by atoms with Crippen LogP contribution in [0.3, 0.4) is 0 Å². The minimum atomic E-state index is -0.156. The molecule has 0 saturated carbocycles. The molecule has 2 heteroatoms. The third-order valence-electron chi connectivity index (χ3n) is 4.30. The van der Waals surface area contributed by atoms with Crippen molar-refractivity contribution < 1.29 is 4.79 Å². The van der Waals surface area contributed by atoms with E-state index >= 15 is 0 Å². The number of ketones is 1. The van der Waals surface area contributed by atoms with Crippen molar-refractivity contribution in [3.63, 3.8) is 0 Å². The van der Waals surface area contributed by atoms with Gasteiger partial charge in [-0.1, -0.05) is 45.9 Å². The summed E-state index contributed by atoms with van der Waals surface area (Å²) in [7, 11) is 0. The molecule has 1 heterocycles. The maximum absolute atomic E-state index is 12.3. The highest BCUT2D eigenvalue weighted by Gasteiger charge is 2.34. The third kappa shape index (κ3) is 2.68. The molecule has 104 valence electrons. The van der Waals surface area contributed by atoms with Crippen LogP contribution >= 0.6 is 0 Å². The summed E-state index contributed by atoms with van der Waals surface area (Å²) in [4.78, 5) is 14.5. The number of hydrogen-bond acceptors (Lipinski definition) is 2. The van der Waals surface area contributed by atoms with Crippen molar-refractivity contribution in [2.45, 2.75) is 47.0 Å². The summed E-state index contributed by atoms with van der Waals surface area (Å²) < 4.78 is 0. The second kappa shape index (κ2) is 4.99. The number of carbonyl (C=O) groups excluding carboxylic acids is 1. The van der Waals surface area contributed by atoms with Crippen LogP contribution in [0.1, 0.15) is 51.2 Å². The van der Waals surface area contributed by atoms with Gasteiger partial charge in [0.15, 0.2) is 5.78 Å². The quantitative estimate of drug-likeness (QED) is 0.802. The summed E-state index contributed by atoms with van der Waals surface area (Å²) in [6.07, 6.45) is 0.942. The summed E-state index contributed by atoms with van der Waals surface area (Å²) >= 11 is 0. The van der Waals surface area contributed by atoms with E-state index in [1.54, 1.807) is 0 Å². The lowest BCUT2D eigenvalue weighted by Crippen LogP contribution is -2.45. The highest BCUT2D eigenvalue weighted by molar-refractivity contribution is 5.90. The van der Waals surface area contributed by atoms with Crippen molar-refractivity contribution in [3.05, 3.63) is 29.3 Å². The van der Waals surface area contributed by atoms with E-state index < -0.39 is 0 Å². The van der Waals surface area contributed by atoms with Crippen molar-refractivity contribution >= 4 is 11.5 Å². The van der Waals surface area contributed by atoms with Gasteiger partial charge in [-0.05, 0) is 30.4 Å². The Morgan fingerprint density at radius 2 is 1.95 bits per heavy atom. The SMILES string of the molecule is Cc1cccc(C(C)C)c1N1CCC(C)(C)C(=O)C1. The van der Waals surface area contributed by atoms with Crippen molar-refractivity contribution in [1.29, 1.82) is 0 Å². The molecule has 0 radical (unpaired) electrons. The van der Waals surface area contributed by atoms with Crippen LogP contribution in [0, 0.1) is 12.3 Å². The highest BCUT2D eigenvalue weighted by atomic mass is 16.1. The first-order valence-corrected chi connectivity index (χ1v) is 7.20. The number of nitrogens with zero attached hydrogens (tertiary/aromatic N) is 1. The molecular weight excluding hydrogens is 234 g/mol. The number of benzene rings is 1. The van der Waals surface area contributed by atoms with Crippen LogP contribution in [0.15, 0.2) is 18.2 Å². The zero-order valence-electron chi connectivity index (χ0n) is 12.8. The van der Waals surface area contributed by atoms with Gasteiger partial charge in [0.1, 0.15) is 0 Å². The van der Waals surface area contributed by atoms with Gasteiger partial charge in [0.25, 0.3) is 0 Å². The van der Waals surface area contributed by atoms with E-state index in [0.29, 0.717) is 18.2 Å². The summed E-state index contributed by atoms with van der Waals surface area (Å²) in [6, 6.07) is 6.45. The van der Waals surface area contributed by atoms with Crippen molar-refractivity contribution in [3.8, 4) is 0 Å². The fraction of sp³-hybridized carbons (Fsp3) is 0.588. The Bertz CT molecular complexity index is 488. The Kier molecular flexibility index (Phi) is 3.71. The van der Waals surface area contributed by atoms with Crippen molar-refractivity contribution in [2.75, 3.05) is 18.0 Å². The van der Waals surface area contributed by atoms with Gasteiger partial charge in [-0.15, -0.1) is 0 Å². The smallest absolute Gasteiger partial charge is 0.157 e. The van der Waals surface area contributed by atoms with Gasteiger partial charge >= 0.3 is 0 Å². The van der Waals surface area contributed by atoms with Crippen LogP contribution in [-0.2, 0) is 4.79 Å². The Labute approximate surface area is 116 Å². The number of hydrogen-bond donors (Lipinski definition) is 0. The maximum atomic E-state index is 12.3. The van der Waals surface area contributed by atoms with Crippen LogP contribution in [-0.4, -0.2) is 18.9 Å². The van der Waals surface area contributed by atoms with Gasteiger partial charge in [0, 0.05) is 17.6 Å². The predicted octanol–water partition coefficient (Wildman–Crippen LogP) is 3.92. The number of rotatable bonds is 2. The Balaban J connectivity index is 2.36. The monoisotopic (exact) mass is 259 g/mol. The second-order valence-corrected chi connectivity index (χ2v) is 6.65. The topological polar surface area (TPSA) is 20.3 Å². The Hall–Kier alpha value is -1.31. The van der Waals surface area contributed by atoms with E-state index in [1.807, 2.05) is 0 Å². The summed E-state index contributed by atoms with van der Waals surface area (Å²) in [5.41, 5.74) is 3.75. The van der Waals surface area contributed by atoms with Crippen LogP contribution in [0.4, 0.5) is 5.69 Å². The van der Waals surface area contributed by atoms with Crippen LogP contribution in [0.25, 0.3) is 0 Å².